The number of aromatic nitrogens is 1. The Morgan fingerprint density at radius 1 is 1.54 bits per heavy atom. The van der Waals surface area contributed by atoms with E-state index in [1.54, 1.807) is 12.3 Å². The minimum absolute atomic E-state index is 0.185. The number of hydrogen-bond donors (Lipinski definition) is 0. The van der Waals surface area contributed by atoms with E-state index >= 15 is 0 Å². The second kappa shape index (κ2) is 4.17. The van der Waals surface area contributed by atoms with Gasteiger partial charge in [-0.3, -0.25) is 9.78 Å². The molecule has 0 radical (unpaired) electrons. The van der Waals surface area contributed by atoms with E-state index in [4.69, 9.17) is 0 Å². The Morgan fingerprint density at radius 3 is 2.77 bits per heavy atom. The Balaban J connectivity index is 2.98. The summed E-state index contributed by atoms with van der Waals surface area (Å²) in [5, 5.41) is 0. The van der Waals surface area contributed by atoms with Gasteiger partial charge in [-0.2, -0.15) is 0 Å². The van der Waals surface area contributed by atoms with Crippen LogP contribution in [-0.4, -0.2) is 10.8 Å². The molecular formula is C11H15NO. The summed E-state index contributed by atoms with van der Waals surface area (Å²) in [5.41, 5.74) is 1.76. The van der Waals surface area contributed by atoms with Crippen LogP contribution >= 0.6 is 0 Å². The molecule has 0 aromatic carbocycles. The van der Waals surface area contributed by atoms with E-state index in [1.165, 1.54) is 0 Å². The lowest BCUT2D eigenvalue weighted by Crippen LogP contribution is -2.00. The maximum atomic E-state index is 11.4. The fraction of sp³-hybridized carbons (Fsp3) is 0.455. The Bertz CT molecular complexity index is 305. The highest BCUT2D eigenvalue weighted by molar-refractivity contribution is 5.95. The molecule has 2 nitrogen and oxygen atoms in total. The minimum Gasteiger partial charge on any atom is -0.294 e. The van der Waals surface area contributed by atoms with Crippen molar-refractivity contribution in [1.82, 2.24) is 4.98 Å². The summed E-state index contributed by atoms with van der Waals surface area (Å²) < 4.78 is 0. The predicted molar refractivity (Wildman–Crippen MR) is 52.9 cm³/mol. The number of ketones is 1. The zero-order valence-corrected chi connectivity index (χ0v) is 8.37. The molecule has 2 heteroatoms. The standard InChI is InChI=1S/C11H15NO/c1-4-11(13)9-5-6-12-10(7-9)8(2)3/h5-8H,4H2,1-3H3. The third-order valence-electron chi connectivity index (χ3n) is 2.02. The van der Waals surface area contributed by atoms with Gasteiger partial charge in [0.15, 0.2) is 5.78 Å². The lowest BCUT2D eigenvalue weighted by atomic mass is 10.0. The summed E-state index contributed by atoms with van der Waals surface area (Å²) in [6.07, 6.45) is 2.26. The van der Waals surface area contributed by atoms with Crippen LogP contribution in [0.5, 0.6) is 0 Å². The first kappa shape index (κ1) is 9.90. The molecule has 0 spiro atoms. The first-order valence-electron chi connectivity index (χ1n) is 4.64. The fourth-order valence-electron chi connectivity index (χ4n) is 1.14. The number of nitrogens with zero attached hydrogens (tertiary/aromatic N) is 1. The molecule has 0 unspecified atom stereocenters. The molecule has 0 aliphatic heterocycles. The topological polar surface area (TPSA) is 30.0 Å². The molecule has 0 saturated heterocycles. The van der Waals surface area contributed by atoms with Crippen molar-refractivity contribution in [2.45, 2.75) is 33.1 Å². The fourth-order valence-corrected chi connectivity index (χ4v) is 1.14. The van der Waals surface area contributed by atoms with Crippen LogP contribution in [0.3, 0.4) is 0 Å². The van der Waals surface area contributed by atoms with Crippen molar-refractivity contribution in [3.8, 4) is 0 Å². The summed E-state index contributed by atoms with van der Waals surface area (Å²) in [5.74, 6) is 0.564. The van der Waals surface area contributed by atoms with Gasteiger partial charge in [0.2, 0.25) is 0 Å². The Kier molecular flexibility index (Phi) is 3.18. The van der Waals surface area contributed by atoms with Gasteiger partial charge in [-0.25, -0.2) is 0 Å². The van der Waals surface area contributed by atoms with Crippen LogP contribution in [0.2, 0.25) is 0 Å². The van der Waals surface area contributed by atoms with Gasteiger partial charge >= 0.3 is 0 Å². The van der Waals surface area contributed by atoms with Gasteiger partial charge in [0.05, 0.1) is 0 Å². The molecule has 0 fully saturated rings. The second-order valence-corrected chi connectivity index (χ2v) is 3.40. The smallest absolute Gasteiger partial charge is 0.162 e. The first-order chi connectivity index (χ1) is 6.15. The van der Waals surface area contributed by atoms with E-state index in [0.717, 1.165) is 11.3 Å². The zero-order chi connectivity index (χ0) is 9.84. The van der Waals surface area contributed by atoms with Crippen LogP contribution < -0.4 is 0 Å². The molecule has 13 heavy (non-hydrogen) atoms. The van der Waals surface area contributed by atoms with E-state index < -0.39 is 0 Å². The van der Waals surface area contributed by atoms with E-state index in [-0.39, 0.29) is 5.78 Å². The molecule has 1 rings (SSSR count). The van der Waals surface area contributed by atoms with E-state index in [2.05, 4.69) is 18.8 Å². The summed E-state index contributed by atoms with van der Waals surface area (Å²) in [7, 11) is 0. The SMILES string of the molecule is CCC(=O)c1ccnc(C(C)C)c1. The number of hydrogen-bond acceptors (Lipinski definition) is 2. The number of carbonyl (C=O) groups is 1. The van der Waals surface area contributed by atoms with Gasteiger partial charge < -0.3 is 0 Å². The van der Waals surface area contributed by atoms with Crippen molar-refractivity contribution >= 4 is 5.78 Å². The maximum absolute atomic E-state index is 11.4. The third-order valence-corrected chi connectivity index (χ3v) is 2.02. The molecule has 0 atom stereocenters. The average molecular weight is 177 g/mol. The Hall–Kier alpha value is -1.18. The van der Waals surface area contributed by atoms with Gasteiger partial charge in [0.1, 0.15) is 0 Å². The molecule has 1 heterocycles. The highest BCUT2D eigenvalue weighted by atomic mass is 16.1. The van der Waals surface area contributed by atoms with E-state index in [0.29, 0.717) is 12.3 Å². The molecule has 0 bridgehead atoms. The van der Waals surface area contributed by atoms with Gasteiger partial charge in [0.25, 0.3) is 0 Å². The van der Waals surface area contributed by atoms with Crippen LogP contribution in [0.1, 0.15) is 49.2 Å². The van der Waals surface area contributed by atoms with E-state index in [9.17, 15) is 4.79 Å². The van der Waals surface area contributed by atoms with Crippen molar-refractivity contribution in [3.63, 3.8) is 0 Å². The summed E-state index contributed by atoms with van der Waals surface area (Å²) in [6, 6.07) is 3.66. The van der Waals surface area contributed by atoms with Crippen LogP contribution in [0.25, 0.3) is 0 Å². The maximum Gasteiger partial charge on any atom is 0.162 e. The molecule has 1 aromatic rings. The molecular weight excluding hydrogens is 162 g/mol. The lowest BCUT2D eigenvalue weighted by Gasteiger charge is -2.05. The monoisotopic (exact) mass is 177 g/mol. The molecule has 70 valence electrons. The molecule has 0 N–H and O–H groups in total. The molecule has 0 saturated carbocycles. The first-order valence-corrected chi connectivity index (χ1v) is 4.64. The Labute approximate surface area is 79.0 Å². The molecule has 0 amide bonds. The molecule has 0 aliphatic rings. The highest BCUT2D eigenvalue weighted by Crippen LogP contribution is 2.13. The molecule has 1 aromatic heterocycles. The number of carbonyl (C=O) groups excluding carboxylic acids is 1. The van der Waals surface area contributed by atoms with Crippen molar-refractivity contribution in [1.29, 1.82) is 0 Å². The molecule has 0 aliphatic carbocycles. The van der Waals surface area contributed by atoms with E-state index in [1.807, 2.05) is 13.0 Å². The van der Waals surface area contributed by atoms with Crippen molar-refractivity contribution in [3.05, 3.63) is 29.6 Å². The number of rotatable bonds is 3. The summed E-state index contributed by atoms with van der Waals surface area (Å²) in [4.78, 5) is 15.6. The van der Waals surface area contributed by atoms with Crippen molar-refractivity contribution in [2.75, 3.05) is 0 Å². The average Bonchev–Trinajstić information content (AvgIpc) is 2.17. The van der Waals surface area contributed by atoms with Crippen LogP contribution in [0.4, 0.5) is 0 Å². The van der Waals surface area contributed by atoms with Crippen LogP contribution in [0, 0.1) is 0 Å². The number of pyridine rings is 1. The van der Waals surface area contributed by atoms with Gasteiger partial charge in [-0.05, 0) is 18.1 Å². The Morgan fingerprint density at radius 2 is 2.23 bits per heavy atom. The van der Waals surface area contributed by atoms with Crippen LogP contribution in [0.15, 0.2) is 18.3 Å². The van der Waals surface area contributed by atoms with Crippen molar-refractivity contribution < 1.29 is 4.79 Å². The van der Waals surface area contributed by atoms with Crippen LogP contribution in [-0.2, 0) is 0 Å². The number of Topliss-reactive ketones (excluding diaryl/α,β-unsaturated/α-hetero) is 1. The van der Waals surface area contributed by atoms with Gasteiger partial charge in [-0.1, -0.05) is 20.8 Å². The highest BCUT2D eigenvalue weighted by Gasteiger charge is 2.06. The van der Waals surface area contributed by atoms with Crippen molar-refractivity contribution in [2.24, 2.45) is 0 Å². The normalized spacial score (nSPS) is 10.5. The summed E-state index contributed by atoms with van der Waals surface area (Å²) in [6.45, 7) is 6.02. The second-order valence-electron chi connectivity index (χ2n) is 3.40. The minimum atomic E-state index is 0.185. The summed E-state index contributed by atoms with van der Waals surface area (Å²) >= 11 is 0. The third kappa shape index (κ3) is 2.38. The predicted octanol–water partition coefficient (Wildman–Crippen LogP) is 2.80. The van der Waals surface area contributed by atoms with Gasteiger partial charge in [0, 0.05) is 23.9 Å². The van der Waals surface area contributed by atoms with Gasteiger partial charge in [-0.15, -0.1) is 0 Å². The largest absolute Gasteiger partial charge is 0.294 e. The quantitative estimate of drug-likeness (QED) is 0.664. The zero-order valence-electron chi connectivity index (χ0n) is 8.37. The lowest BCUT2D eigenvalue weighted by molar-refractivity contribution is 0.0988.